The first-order valence-electron chi connectivity index (χ1n) is 10.0. The number of rotatable bonds is 9. The predicted molar refractivity (Wildman–Crippen MR) is 107 cm³/mol. The van der Waals surface area contributed by atoms with Gasteiger partial charge in [-0.3, -0.25) is 9.59 Å². The van der Waals surface area contributed by atoms with Gasteiger partial charge in [0.1, 0.15) is 17.8 Å². The number of ether oxygens (including phenoxy) is 3. The fourth-order valence-corrected chi connectivity index (χ4v) is 3.55. The predicted octanol–water partition coefficient (Wildman–Crippen LogP) is 3.75. The van der Waals surface area contributed by atoms with E-state index in [0.717, 1.165) is 18.4 Å². The standard InChI is InChI=1S/C22H31NO6/c1-21(2,3)29-19(25)18(13-22(28-16-24)11-7-8-12-22)14-23-20(26)27-15-17-9-5-4-6-10-17/h4-6,9-10,16,18H,7-8,11-15H2,1-3H3,(H,23,26)/t18-/m0/s1. The molecule has 1 saturated carbocycles. The van der Waals surface area contributed by atoms with Crippen LogP contribution in [0.25, 0.3) is 0 Å². The van der Waals surface area contributed by atoms with Crippen LogP contribution in [-0.2, 0) is 30.4 Å². The molecule has 1 aromatic rings. The Kier molecular flexibility index (Phi) is 8.05. The minimum atomic E-state index is -0.682. The number of carbonyl (C=O) groups is 3. The van der Waals surface area contributed by atoms with E-state index in [1.54, 1.807) is 20.8 Å². The lowest BCUT2D eigenvalue weighted by Crippen LogP contribution is -2.42. The van der Waals surface area contributed by atoms with E-state index < -0.39 is 29.2 Å². The van der Waals surface area contributed by atoms with E-state index in [2.05, 4.69) is 5.32 Å². The minimum absolute atomic E-state index is 0.0481. The van der Waals surface area contributed by atoms with Crippen LogP contribution in [0.2, 0.25) is 0 Å². The van der Waals surface area contributed by atoms with Crippen molar-refractivity contribution in [1.29, 1.82) is 0 Å². The minimum Gasteiger partial charge on any atom is -0.461 e. The van der Waals surface area contributed by atoms with Gasteiger partial charge in [0.2, 0.25) is 0 Å². The number of esters is 1. The van der Waals surface area contributed by atoms with Crippen molar-refractivity contribution in [1.82, 2.24) is 5.32 Å². The summed E-state index contributed by atoms with van der Waals surface area (Å²) in [6.07, 6.45) is 2.95. The van der Waals surface area contributed by atoms with Gasteiger partial charge in [0.25, 0.3) is 6.47 Å². The van der Waals surface area contributed by atoms with Gasteiger partial charge in [-0.05, 0) is 52.0 Å². The molecule has 0 bridgehead atoms. The maximum atomic E-state index is 12.7. The summed E-state index contributed by atoms with van der Waals surface area (Å²) < 4.78 is 16.1. The summed E-state index contributed by atoms with van der Waals surface area (Å²) in [6.45, 7) is 6.00. The zero-order chi connectivity index (χ0) is 21.3. The maximum Gasteiger partial charge on any atom is 0.407 e. The van der Waals surface area contributed by atoms with Crippen LogP contribution < -0.4 is 5.32 Å². The van der Waals surface area contributed by atoms with E-state index >= 15 is 0 Å². The summed E-state index contributed by atoms with van der Waals surface area (Å²) in [5.74, 6) is -1.07. The second kappa shape index (κ2) is 10.3. The van der Waals surface area contributed by atoms with E-state index in [0.29, 0.717) is 25.7 Å². The second-order valence-electron chi connectivity index (χ2n) is 8.48. The summed E-state index contributed by atoms with van der Waals surface area (Å²) in [5.41, 5.74) is -0.466. The smallest absolute Gasteiger partial charge is 0.407 e. The van der Waals surface area contributed by atoms with Crippen LogP contribution in [0.15, 0.2) is 30.3 Å². The molecule has 0 heterocycles. The van der Waals surface area contributed by atoms with Gasteiger partial charge in [0.05, 0.1) is 5.92 Å². The van der Waals surface area contributed by atoms with Crippen LogP contribution in [0, 0.1) is 5.92 Å². The summed E-state index contributed by atoms with van der Waals surface area (Å²) in [4.78, 5) is 35.8. The Bertz CT molecular complexity index is 676. The number of nitrogens with one attached hydrogen (secondary N) is 1. The molecule has 0 unspecified atom stereocenters. The lowest BCUT2D eigenvalue weighted by Gasteiger charge is -2.32. The average molecular weight is 405 g/mol. The van der Waals surface area contributed by atoms with Crippen LogP contribution in [0.4, 0.5) is 4.79 Å². The lowest BCUT2D eigenvalue weighted by molar-refractivity contribution is -0.165. The Morgan fingerprint density at radius 1 is 1.17 bits per heavy atom. The SMILES string of the molecule is CC(C)(C)OC(=O)[C@H](CNC(=O)OCc1ccccc1)CC1(OC=O)CCCC1. The highest BCUT2D eigenvalue weighted by Gasteiger charge is 2.41. The molecule has 1 aliphatic rings. The average Bonchev–Trinajstić information content (AvgIpc) is 3.11. The van der Waals surface area contributed by atoms with Gasteiger partial charge in [-0.2, -0.15) is 0 Å². The van der Waals surface area contributed by atoms with Crippen molar-refractivity contribution >= 4 is 18.5 Å². The normalized spacial score (nSPS) is 16.5. The zero-order valence-corrected chi connectivity index (χ0v) is 17.4. The van der Waals surface area contributed by atoms with E-state index in [-0.39, 0.29) is 13.2 Å². The number of carbonyl (C=O) groups excluding carboxylic acids is 3. The molecule has 160 valence electrons. The molecule has 0 spiro atoms. The Morgan fingerprint density at radius 3 is 2.41 bits per heavy atom. The third-order valence-corrected chi connectivity index (χ3v) is 4.88. The number of amides is 1. The third-order valence-electron chi connectivity index (χ3n) is 4.88. The fraction of sp³-hybridized carbons (Fsp3) is 0.591. The van der Waals surface area contributed by atoms with Crippen molar-refractivity contribution < 1.29 is 28.6 Å². The molecule has 0 radical (unpaired) electrons. The Morgan fingerprint density at radius 2 is 1.83 bits per heavy atom. The van der Waals surface area contributed by atoms with Crippen LogP contribution in [0.3, 0.4) is 0 Å². The van der Waals surface area contributed by atoms with Crippen LogP contribution in [0.1, 0.15) is 58.4 Å². The molecule has 1 aliphatic carbocycles. The van der Waals surface area contributed by atoms with Crippen molar-refractivity contribution in [2.45, 2.75) is 70.7 Å². The van der Waals surface area contributed by atoms with E-state index in [9.17, 15) is 14.4 Å². The molecule has 1 atom stereocenters. The van der Waals surface area contributed by atoms with Crippen LogP contribution >= 0.6 is 0 Å². The molecule has 1 amide bonds. The van der Waals surface area contributed by atoms with E-state index in [4.69, 9.17) is 14.2 Å². The highest BCUT2D eigenvalue weighted by Crippen LogP contribution is 2.38. The van der Waals surface area contributed by atoms with Gasteiger partial charge in [-0.1, -0.05) is 30.3 Å². The molecule has 0 aliphatic heterocycles. The number of benzene rings is 1. The largest absolute Gasteiger partial charge is 0.461 e. The quantitative estimate of drug-likeness (QED) is 0.382. The Balaban J connectivity index is 1.97. The van der Waals surface area contributed by atoms with Gasteiger partial charge < -0.3 is 19.5 Å². The monoisotopic (exact) mass is 405 g/mol. The van der Waals surface area contributed by atoms with Crippen molar-refractivity contribution in [3.63, 3.8) is 0 Å². The van der Waals surface area contributed by atoms with Crippen LogP contribution in [-0.4, -0.2) is 36.3 Å². The fourth-order valence-electron chi connectivity index (χ4n) is 3.55. The van der Waals surface area contributed by atoms with Crippen LogP contribution in [0.5, 0.6) is 0 Å². The highest BCUT2D eigenvalue weighted by atomic mass is 16.6. The Labute approximate surface area is 172 Å². The second-order valence-corrected chi connectivity index (χ2v) is 8.48. The summed E-state index contributed by atoms with van der Waals surface area (Å²) in [5, 5.41) is 2.65. The molecule has 1 aromatic carbocycles. The molecule has 1 fully saturated rings. The molecule has 0 aromatic heterocycles. The van der Waals surface area contributed by atoms with Gasteiger partial charge in [0, 0.05) is 13.0 Å². The number of hydrogen-bond acceptors (Lipinski definition) is 6. The molecule has 1 N–H and O–H groups in total. The molecule has 7 heteroatoms. The zero-order valence-electron chi connectivity index (χ0n) is 17.4. The van der Waals surface area contributed by atoms with Gasteiger partial charge in [0.15, 0.2) is 0 Å². The first-order valence-corrected chi connectivity index (χ1v) is 10.0. The molecular weight excluding hydrogens is 374 g/mol. The topological polar surface area (TPSA) is 90.9 Å². The van der Waals surface area contributed by atoms with Crippen molar-refractivity contribution in [3.8, 4) is 0 Å². The van der Waals surface area contributed by atoms with E-state index in [1.165, 1.54) is 0 Å². The van der Waals surface area contributed by atoms with Gasteiger partial charge in [-0.25, -0.2) is 4.79 Å². The highest BCUT2D eigenvalue weighted by molar-refractivity contribution is 5.75. The van der Waals surface area contributed by atoms with Gasteiger partial charge >= 0.3 is 12.1 Å². The summed E-state index contributed by atoms with van der Waals surface area (Å²) in [6, 6.07) is 9.33. The first-order chi connectivity index (χ1) is 13.7. The van der Waals surface area contributed by atoms with Crippen molar-refractivity contribution in [2.24, 2.45) is 5.92 Å². The third kappa shape index (κ3) is 7.75. The number of alkyl carbamates (subject to hydrolysis) is 1. The number of hydrogen-bond donors (Lipinski definition) is 1. The molecule has 2 rings (SSSR count). The lowest BCUT2D eigenvalue weighted by atomic mass is 9.88. The molecular formula is C22H31NO6. The summed E-state index contributed by atoms with van der Waals surface area (Å²) in [7, 11) is 0. The first kappa shape index (κ1) is 22.7. The summed E-state index contributed by atoms with van der Waals surface area (Å²) >= 11 is 0. The molecule has 29 heavy (non-hydrogen) atoms. The Hall–Kier alpha value is -2.57. The molecule has 0 saturated heterocycles. The van der Waals surface area contributed by atoms with Gasteiger partial charge in [-0.15, -0.1) is 0 Å². The van der Waals surface area contributed by atoms with Crippen molar-refractivity contribution in [3.05, 3.63) is 35.9 Å². The maximum absolute atomic E-state index is 12.7. The molecule has 7 nitrogen and oxygen atoms in total. The van der Waals surface area contributed by atoms with Crippen molar-refractivity contribution in [2.75, 3.05) is 6.54 Å². The van der Waals surface area contributed by atoms with E-state index in [1.807, 2.05) is 30.3 Å².